The number of aliphatic hydroxyl groups is 3. The first-order valence-corrected chi connectivity index (χ1v) is 48.9. The van der Waals surface area contributed by atoms with Crippen molar-refractivity contribution in [2.75, 3.05) is 85.7 Å². The maximum absolute atomic E-state index is 9.96. The summed E-state index contributed by atoms with van der Waals surface area (Å²) in [5.74, 6) is 10.5. The van der Waals surface area contributed by atoms with E-state index in [-0.39, 0.29) is 19.3 Å². The summed E-state index contributed by atoms with van der Waals surface area (Å²) in [6, 6.07) is 67.4. The maximum Gasteiger partial charge on any atom is 0.268 e. The van der Waals surface area contributed by atoms with E-state index in [1.807, 2.05) is 227 Å². The standard InChI is InChI=1S/C25H29N3O4.C23H28N2O4.C22H27N3O4.C20H14N4OS.C20H18N2O4/c1-3-30-22-11-8-16(14-23(22)31-4-2)25-26-24(27-32-25)20-7-5-6-19-18(20)9-10-21(19)28-13-12-17(29)15-28;1-4-27-20-12-10-18(15-21(20)28-5-2)23-24-22(25-29-23)19-11-9-17(14-16(19)3)8-6-7-13-26;1-4-27-19-10-9-16(13-20(19)28-5-2)22-24-21(25-29-22)18-8-6-7-17(15(18)3)14-23-11-12-26;1-12-15(13-6-3-2-4-7-13)10-17(26-12)20-23-19(24-25-20)14-8-5-9-16-18(14)22-11-21-16;1-3-23-17-8-6-15(12-18(17)24-4-2)20-21-19(22-26-20)14-5-7-16-13(11-14)9-10-25-16/h5-8,11,14,17,21,29H,3-4,9-10,12-13,15H2,1-2H3;9-12,14-15,26H,4-8,13H2,1-3H3;6-10,13,23,26H,4-5,11-12,14H2,1-3H3;2-11H,1H3,(H,21,22);5-12H,3-4H2,1-2H3/t17-,21?;;;;/m1..../s1. The molecule has 1 saturated heterocycles. The highest BCUT2D eigenvalue weighted by atomic mass is 32.1. The van der Waals surface area contributed by atoms with Gasteiger partial charge in [0, 0.05) is 93.6 Å². The van der Waals surface area contributed by atoms with E-state index in [1.165, 1.54) is 32.7 Å². The van der Waals surface area contributed by atoms with Gasteiger partial charge in [0.05, 0.1) is 99.6 Å². The van der Waals surface area contributed by atoms with Crippen molar-refractivity contribution < 1.29 is 80.2 Å². The van der Waals surface area contributed by atoms with Crippen LogP contribution in [0.2, 0.25) is 0 Å². The molecule has 9 heterocycles. The molecule has 0 bridgehead atoms. The molecule has 20 rings (SSSR count). The van der Waals surface area contributed by atoms with Gasteiger partial charge < -0.3 is 90.5 Å². The van der Waals surface area contributed by atoms with Crippen molar-refractivity contribution in [2.45, 2.75) is 133 Å². The highest BCUT2D eigenvalue weighted by Gasteiger charge is 2.35. The Morgan fingerprint density at radius 3 is 1.49 bits per heavy atom. The summed E-state index contributed by atoms with van der Waals surface area (Å²) in [6.45, 7) is 29.4. The van der Waals surface area contributed by atoms with Crippen LogP contribution in [-0.4, -0.2) is 173 Å². The molecule has 0 spiro atoms. The number of aromatic amines is 1. The van der Waals surface area contributed by atoms with Crippen molar-refractivity contribution in [3.63, 3.8) is 0 Å². The van der Waals surface area contributed by atoms with Crippen molar-refractivity contribution in [1.82, 2.24) is 70.9 Å². The third-order valence-electron chi connectivity index (χ3n) is 23.7. The number of ether oxygens (including phenoxy) is 8. The van der Waals surface area contributed by atoms with E-state index in [2.05, 4.69) is 121 Å². The van der Waals surface area contributed by atoms with Gasteiger partial charge in [-0.15, -0.1) is 11.3 Å². The minimum atomic E-state index is -0.210. The monoisotopic (exact) mass is 1940 g/mol. The lowest BCUT2D eigenvalue weighted by Gasteiger charge is -2.24. The molecule has 0 amide bonds. The topological polar surface area (TPSA) is 386 Å². The molecule has 0 radical (unpaired) electrons. The summed E-state index contributed by atoms with van der Waals surface area (Å²) in [4.78, 5) is 35.1. The van der Waals surface area contributed by atoms with Crippen molar-refractivity contribution in [3.05, 3.63) is 257 Å². The second-order valence-corrected chi connectivity index (χ2v) is 34.4. The minimum absolute atomic E-state index is 0.110. The lowest BCUT2D eigenvalue weighted by Crippen LogP contribution is -2.26. The number of hydrogen-bond acceptors (Lipinski definition) is 31. The SMILES string of the molecule is CCOc1ccc(-c2nc(-c3ccc(CCCCO)cc3C)no2)cc1OCC.CCOc1ccc(-c2nc(-c3ccc4occc4c3)no2)cc1OCC.CCOc1ccc(-c2nc(-c3cccc(CNCCO)c3C)no2)cc1OCC.CCOc1ccc(-c2nc(-c3cccc4c3CCC4N3CC[C@@H](O)C3)no2)cc1OCC.Cc1sc(-c2nc(-c3cccc4[nH]cnc34)no2)cc1-c1ccccc1. The number of imidazole rings is 1. The number of H-pyrrole nitrogens is 1. The molecule has 142 heavy (non-hydrogen) atoms. The average molecular weight is 1940 g/mol. The lowest BCUT2D eigenvalue weighted by molar-refractivity contribution is 0.159. The second-order valence-electron chi connectivity index (χ2n) is 33.1. The number of likely N-dealkylation sites (tertiary alicyclic amines) is 1. The zero-order valence-electron chi connectivity index (χ0n) is 81.4. The maximum atomic E-state index is 9.96. The first-order chi connectivity index (χ1) is 69.6. The molecule has 734 valence electrons. The van der Waals surface area contributed by atoms with Gasteiger partial charge in [0.1, 0.15) is 5.58 Å². The lowest BCUT2D eigenvalue weighted by atomic mass is 10.0. The number of rotatable bonds is 36. The van der Waals surface area contributed by atoms with Gasteiger partial charge in [0.15, 0.2) is 46.0 Å². The van der Waals surface area contributed by atoms with Crippen LogP contribution in [-0.2, 0) is 19.4 Å². The minimum Gasteiger partial charge on any atom is -0.490 e. The molecule has 2 atom stereocenters. The van der Waals surface area contributed by atoms with Crippen molar-refractivity contribution in [2.24, 2.45) is 0 Å². The molecule has 1 unspecified atom stereocenters. The highest BCUT2D eigenvalue weighted by molar-refractivity contribution is 7.15. The highest BCUT2D eigenvalue weighted by Crippen LogP contribution is 2.45. The molecule has 31 nitrogen and oxygen atoms in total. The molecule has 10 aromatic carbocycles. The Hall–Kier alpha value is -15.2. The summed E-state index contributed by atoms with van der Waals surface area (Å²) in [6.07, 6.45) is 8.75. The molecule has 1 aliphatic heterocycles. The van der Waals surface area contributed by atoms with Gasteiger partial charge in [-0.2, -0.15) is 24.9 Å². The van der Waals surface area contributed by atoms with Gasteiger partial charge in [-0.05, 0) is 274 Å². The third-order valence-corrected chi connectivity index (χ3v) is 24.8. The summed E-state index contributed by atoms with van der Waals surface area (Å²) < 4.78 is 78.3. The van der Waals surface area contributed by atoms with Crippen LogP contribution in [0.25, 0.3) is 147 Å². The number of benzene rings is 10. The number of unbranched alkanes of at least 4 members (excludes halogenated alkanes) is 1. The molecular formula is C110H116N14O17S. The van der Waals surface area contributed by atoms with Crippen LogP contribution < -0.4 is 43.2 Å². The van der Waals surface area contributed by atoms with E-state index in [9.17, 15) is 5.11 Å². The summed E-state index contributed by atoms with van der Waals surface area (Å²) in [7, 11) is 0. The van der Waals surface area contributed by atoms with E-state index >= 15 is 0 Å². The molecule has 2 aliphatic rings. The van der Waals surface area contributed by atoms with E-state index in [4.69, 9.17) is 80.1 Å². The molecule has 0 saturated carbocycles. The molecular weight excluding hydrogens is 1820 g/mol. The zero-order chi connectivity index (χ0) is 98.8. The van der Waals surface area contributed by atoms with E-state index in [1.54, 1.807) is 23.9 Å². The van der Waals surface area contributed by atoms with Gasteiger partial charge in [-0.3, -0.25) is 4.90 Å². The van der Waals surface area contributed by atoms with Crippen LogP contribution in [0.4, 0.5) is 0 Å². The Morgan fingerprint density at radius 2 is 0.937 bits per heavy atom. The smallest absolute Gasteiger partial charge is 0.268 e. The number of β-amino-alcohol motifs (C(OH)–C–C–N with tert-alkyl or cyclic N) is 1. The second kappa shape index (κ2) is 48.6. The number of aliphatic hydroxyl groups excluding tert-OH is 3. The van der Waals surface area contributed by atoms with Gasteiger partial charge in [-0.25, -0.2) is 4.98 Å². The Balaban J connectivity index is 0.000000128. The van der Waals surface area contributed by atoms with E-state index in [0.29, 0.717) is 177 Å². The number of aromatic nitrogens is 12. The van der Waals surface area contributed by atoms with Crippen LogP contribution in [0, 0.1) is 20.8 Å². The van der Waals surface area contributed by atoms with E-state index < -0.39 is 0 Å². The quantitative estimate of drug-likeness (QED) is 0.0228. The Labute approximate surface area is 826 Å². The summed E-state index contributed by atoms with van der Waals surface area (Å²) in [5.41, 5.74) is 19.9. The third kappa shape index (κ3) is 24.1. The molecule has 5 N–H and O–H groups in total. The summed E-state index contributed by atoms with van der Waals surface area (Å²) >= 11 is 1.66. The molecule has 1 fully saturated rings. The van der Waals surface area contributed by atoms with E-state index in [0.717, 1.165) is 145 Å². The largest absolute Gasteiger partial charge is 0.490 e. The predicted molar refractivity (Wildman–Crippen MR) is 544 cm³/mol. The molecule has 18 aromatic rings. The number of furan rings is 1. The number of aryl methyl sites for hydroxylation is 3. The number of hydrogen-bond donors (Lipinski definition) is 5. The van der Waals surface area contributed by atoms with Crippen LogP contribution in [0.5, 0.6) is 46.0 Å². The van der Waals surface area contributed by atoms with Crippen LogP contribution in [0.15, 0.2) is 246 Å². The normalized spacial score (nSPS) is 13.1. The summed E-state index contributed by atoms with van der Waals surface area (Å²) in [5, 5.41) is 52.9. The van der Waals surface area contributed by atoms with Gasteiger partial charge in [0.25, 0.3) is 29.5 Å². The fraction of sp³-hybridized carbons (Fsp3) is 0.300. The number of para-hydroxylation sites is 1. The Kier molecular flexibility index (Phi) is 34.2. The number of nitrogens with zero attached hydrogens (tertiary/aromatic N) is 12. The van der Waals surface area contributed by atoms with Crippen molar-refractivity contribution in [1.29, 1.82) is 0 Å². The van der Waals surface area contributed by atoms with Gasteiger partial charge in [-0.1, -0.05) is 117 Å². The van der Waals surface area contributed by atoms with Crippen LogP contribution in [0.3, 0.4) is 0 Å². The van der Waals surface area contributed by atoms with Crippen LogP contribution >= 0.6 is 11.3 Å². The Morgan fingerprint density at radius 1 is 0.437 bits per heavy atom. The number of thiophene rings is 1. The number of nitrogens with one attached hydrogen (secondary N) is 2. The van der Waals surface area contributed by atoms with Gasteiger partial charge >= 0.3 is 0 Å². The molecule has 1 aliphatic carbocycles. The zero-order valence-corrected chi connectivity index (χ0v) is 82.2. The predicted octanol–water partition coefficient (Wildman–Crippen LogP) is 22.9. The first-order valence-electron chi connectivity index (χ1n) is 48.1. The number of fused-ring (bicyclic) bond motifs is 3. The first kappa shape index (κ1) is 99.8. The average Bonchev–Trinajstić information content (AvgIpc) is 1.65. The molecule has 8 aromatic heterocycles. The molecule has 32 heteroatoms. The fourth-order valence-corrected chi connectivity index (χ4v) is 17.9. The van der Waals surface area contributed by atoms with Crippen molar-refractivity contribution >= 4 is 33.3 Å². The Bertz CT molecular complexity index is 7160. The van der Waals surface area contributed by atoms with Gasteiger partial charge in [0.2, 0.25) is 29.1 Å². The fourth-order valence-electron chi connectivity index (χ4n) is 17.0. The van der Waals surface area contributed by atoms with Crippen LogP contribution in [0.1, 0.15) is 125 Å². The van der Waals surface area contributed by atoms with Crippen molar-refractivity contribution in [3.8, 4) is 171 Å².